The molecule has 0 aliphatic carbocycles. The third-order valence-corrected chi connectivity index (χ3v) is 3.45. The Labute approximate surface area is 116 Å². The van der Waals surface area contributed by atoms with Gasteiger partial charge in [0.25, 0.3) is 0 Å². The fourth-order valence-electron chi connectivity index (χ4n) is 2.53. The monoisotopic (exact) mass is 269 g/mol. The lowest BCUT2D eigenvalue weighted by atomic mass is 10.2. The van der Waals surface area contributed by atoms with E-state index in [1.807, 2.05) is 48.9 Å². The van der Waals surface area contributed by atoms with Crippen LogP contribution in [0.4, 0.5) is 0 Å². The van der Waals surface area contributed by atoms with Crippen molar-refractivity contribution in [1.29, 1.82) is 0 Å². The van der Waals surface area contributed by atoms with Crippen molar-refractivity contribution in [3.63, 3.8) is 0 Å². The van der Waals surface area contributed by atoms with Crippen LogP contribution in [0.2, 0.25) is 0 Å². The summed E-state index contributed by atoms with van der Waals surface area (Å²) in [4.78, 5) is 11.4. The molecule has 0 radical (unpaired) electrons. The second-order valence-corrected chi connectivity index (χ2v) is 4.88. The summed E-state index contributed by atoms with van der Waals surface area (Å²) in [5.41, 5.74) is 3.12. The Balaban J connectivity index is 2.16. The molecule has 5 heteroatoms. The molecule has 102 valence electrons. The van der Waals surface area contributed by atoms with Gasteiger partial charge >= 0.3 is 5.97 Å². The number of carbonyl (C=O) groups is 1. The lowest BCUT2D eigenvalue weighted by molar-refractivity contribution is 0.0686. The number of fused-ring (bicyclic) bond motifs is 1. The molecule has 0 aliphatic heterocycles. The predicted octanol–water partition coefficient (Wildman–Crippen LogP) is 2.43. The molecule has 5 nitrogen and oxygen atoms in total. The molecule has 2 aromatic heterocycles. The third-order valence-electron chi connectivity index (χ3n) is 3.45. The highest BCUT2D eigenvalue weighted by Crippen LogP contribution is 2.21. The first kappa shape index (κ1) is 12.5. The summed E-state index contributed by atoms with van der Waals surface area (Å²) in [5, 5.41) is 14.6. The van der Waals surface area contributed by atoms with Gasteiger partial charge in [-0.05, 0) is 25.1 Å². The highest BCUT2D eigenvalue weighted by atomic mass is 16.4. The number of carboxylic acids is 1. The number of nitrogens with zero attached hydrogens (tertiary/aromatic N) is 3. The minimum absolute atomic E-state index is 0.296. The molecule has 3 rings (SSSR count). The van der Waals surface area contributed by atoms with E-state index < -0.39 is 5.97 Å². The quantitative estimate of drug-likeness (QED) is 0.794. The second-order valence-electron chi connectivity index (χ2n) is 4.88. The van der Waals surface area contributed by atoms with E-state index in [2.05, 4.69) is 5.10 Å². The van der Waals surface area contributed by atoms with Gasteiger partial charge in [0.05, 0.1) is 17.9 Å². The van der Waals surface area contributed by atoms with Crippen LogP contribution >= 0.6 is 0 Å². The van der Waals surface area contributed by atoms with Crippen LogP contribution < -0.4 is 0 Å². The molecule has 0 unspecified atom stereocenters. The number of hydrogen-bond donors (Lipinski definition) is 1. The van der Waals surface area contributed by atoms with Crippen LogP contribution in [0, 0.1) is 6.92 Å². The van der Waals surface area contributed by atoms with Crippen molar-refractivity contribution < 1.29 is 9.90 Å². The first-order valence-corrected chi connectivity index (χ1v) is 6.37. The fourth-order valence-corrected chi connectivity index (χ4v) is 2.53. The highest BCUT2D eigenvalue weighted by Gasteiger charge is 2.15. The second kappa shape index (κ2) is 4.52. The van der Waals surface area contributed by atoms with E-state index in [1.165, 1.54) is 0 Å². The van der Waals surface area contributed by atoms with Crippen LogP contribution in [0.3, 0.4) is 0 Å². The molecule has 2 heterocycles. The minimum atomic E-state index is -0.917. The first-order chi connectivity index (χ1) is 9.56. The molecule has 0 bridgehead atoms. The molecule has 0 aliphatic rings. The molecular weight excluding hydrogens is 254 g/mol. The predicted molar refractivity (Wildman–Crippen MR) is 75.9 cm³/mol. The van der Waals surface area contributed by atoms with Crippen molar-refractivity contribution in [2.45, 2.75) is 13.5 Å². The van der Waals surface area contributed by atoms with Gasteiger partial charge in [0.2, 0.25) is 0 Å². The zero-order valence-electron chi connectivity index (χ0n) is 11.4. The summed E-state index contributed by atoms with van der Waals surface area (Å²) in [7, 11) is 1.87. The van der Waals surface area contributed by atoms with Crippen LogP contribution in [-0.4, -0.2) is 25.4 Å². The summed E-state index contributed by atoms with van der Waals surface area (Å²) < 4.78 is 3.60. The Kier molecular flexibility index (Phi) is 2.82. The van der Waals surface area contributed by atoms with Gasteiger partial charge in [-0.15, -0.1) is 0 Å². The maximum Gasteiger partial charge on any atom is 0.352 e. The van der Waals surface area contributed by atoms with Gasteiger partial charge in [-0.3, -0.25) is 4.68 Å². The van der Waals surface area contributed by atoms with E-state index in [1.54, 1.807) is 10.7 Å². The van der Waals surface area contributed by atoms with Crippen LogP contribution in [0.1, 0.15) is 21.9 Å². The van der Waals surface area contributed by atoms with Gasteiger partial charge in [-0.1, -0.05) is 18.2 Å². The Morgan fingerprint density at radius 1 is 1.30 bits per heavy atom. The molecule has 1 aromatic carbocycles. The Hall–Kier alpha value is -2.56. The number of benzene rings is 1. The molecule has 0 saturated carbocycles. The van der Waals surface area contributed by atoms with Crippen LogP contribution in [-0.2, 0) is 13.6 Å². The van der Waals surface area contributed by atoms with E-state index in [0.29, 0.717) is 12.2 Å². The smallest absolute Gasteiger partial charge is 0.352 e. The van der Waals surface area contributed by atoms with Crippen molar-refractivity contribution in [3.05, 3.63) is 53.5 Å². The van der Waals surface area contributed by atoms with E-state index in [4.69, 9.17) is 0 Å². The topological polar surface area (TPSA) is 60.1 Å². The number of aromatic nitrogens is 3. The molecule has 20 heavy (non-hydrogen) atoms. The van der Waals surface area contributed by atoms with Gasteiger partial charge in [0.15, 0.2) is 0 Å². The Bertz CT molecular complexity index is 799. The number of rotatable bonds is 3. The normalized spacial score (nSPS) is 11.1. The van der Waals surface area contributed by atoms with E-state index in [9.17, 15) is 9.90 Å². The van der Waals surface area contributed by atoms with E-state index >= 15 is 0 Å². The molecule has 0 spiro atoms. The first-order valence-electron chi connectivity index (χ1n) is 6.37. The van der Waals surface area contributed by atoms with Crippen molar-refractivity contribution in [2.24, 2.45) is 7.05 Å². The summed E-state index contributed by atoms with van der Waals surface area (Å²) in [5.74, 6) is -0.917. The van der Waals surface area contributed by atoms with Gasteiger partial charge in [-0.25, -0.2) is 4.79 Å². The van der Waals surface area contributed by atoms with E-state index in [-0.39, 0.29) is 0 Å². The average molecular weight is 269 g/mol. The SMILES string of the molecule is Cc1cc(Cn2c(C(=O)O)cc3ccccc32)n(C)n1. The number of hydrogen-bond acceptors (Lipinski definition) is 2. The van der Waals surface area contributed by atoms with Gasteiger partial charge in [-0.2, -0.15) is 5.10 Å². The molecule has 0 amide bonds. The van der Waals surface area contributed by atoms with Gasteiger partial charge in [0, 0.05) is 18.0 Å². The largest absolute Gasteiger partial charge is 0.477 e. The molecular formula is C15H15N3O2. The standard InChI is InChI=1S/C15H15N3O2/c1-10-7-12(17(2)16-10)9-18-13-6-4-3-5-11(13)8-14(18)15(19)20/h3-8H,9H2,1-2H3,(H,19,20). The number of carboxylic acid groups (broad SMARTS) is 1. The maximum atomic E-state index is 11.4. The van der Waals surface area contributed by atoms with Gasteiger partial charge < -0.3 is 9.67 Å². The van der Waals surface area contributed by atoms with Crippen molar-refractivity contribution >= 4 is 16.9 Å². The highest BCUT2D eigenvalue weighted by molar-refractivity contribution is 5.94. The number of aryl methyl sites for hydroxylation is 2. The van der Waals surface area contributed by atoms with Gasteiger partial charge in [0.1, 0.15) is 5.69 Å². The van der Waals surface area contributed by atoms with E-state index in [0.717, 1.165) is 22.3 Å². The van der Waals surface area contributed by atoms with Crippen LogP contribution in [0.25, 0.3) is 10.9 Å². The Morgan fingerprint density at radius 3 is 2.70 bits per heavy atom. The summed E-state index contributed by atoms with van der Waals surface area (Å²) in [6, 6.07) is 11.4. The van der Waals surface area contributed by atoms with Crippen molar-refractivity contribution in [1.82, 2.24) is 14.3 Å². The van der Waals surface area contributed by atoms with Crippen molar-refractivity contribution in [2.75, 3.05) is 0 Å². The molecule has 1 N–H and O–H groups in total. The zero-order chi connectivity index (χ0) is 14.3. The summed E-state index contributed by atoms with van der Waals surface area (Å²) >= 11 is 0. The van der Waals surface area contributed by atoms with Crippen LogP contribution in [0.5, 0.6) is 0 Å². The molecule has 3 aromatic rings. The minimum Gasteiger partial charge on any atom is -0.477 e. The summed E-state index contributed by atoms with van der Waals surface area (Å²) in [6.45, 7) is 2.42. The zero-order valence-corrected chi connectivity index (χ0v) is 11.4. The molecule has 0 saturated heterocycles. The lowest BCUT2D eigenvalue weighted by Gasteiger charge is -2.08. The molecule has 0 fully saturated rings. The van der Waals surface area contributed by atoms with Crippen molar-refractivity contribution in [3.8, 4) is 0 Å². The number of para-hydroxylation sites is 1. The maximum absolute atomic E-state index is 11.4. The average Bonchev–Trinajstić information content (AvgIpc) is 2.91. The summed E-state index contributed by atoms with van der Waals surface area (Å²) in [6.07, 6.45) is 0. The molecule has 0 atom stereocenters. The Morgan fingerprint density at radius 2 is 2.05 bits per heavy atom. The lowest BCUT2D eigenvalue weighted by Crippen LogP contribution is -2.11. The van der Waals surface area contributed by atoms with Crippen LogP contribution in [0.15, 0.2) is 36.4 Å². The number of aromatic carboxylic acids is 1. The fraction of sp³-hybridized carbons (Fsp3) is 0.200. The third kappa shape index (κ3) is 1.97.